The van der Waals surface area contributed by atoms with Crippen LogP contribution in [-0.4, -0.2) is 48.9 Å². The Balaban J connectivity index is 1.82. The summed E-state index contributed by atoms with van der Waals surface area (Å²) in [7, 11) is 3.04. The summed E-state index contributed by atoms with van der Waals surface area (Å²) < 4.78 is 16.0. The van der Waals surface area contributed by atoms with Gasteiger partial charge < -0.3 is 23.7 Å². The van der Waals surface area contributed by atoms with E-state index >= 15 is 0 Å². The third-order valence-electron chi connectivity index (χ3n) is 5.06. The van der Waals surface area contributed by atoms with Crippen molar-refractivity contribution in [2.24, 2.45) is 0 Å². The van der Waals surface area contributed by atoms with Crippen LogP contribution in [0.25, 0.3) is 0 Å². The van der Waals surface area contributed by atoms with Crippen LogP contribution in [-0.2, 0) is 17.9 Å². The molecule has 1 heterocycles. The van der Waals surface area contributed by atoms with Gasteiger partial charge in [-0.05, 0) is 29.8 Å². The second-order valence-electron chi connectivity index (χ2n) is 7.39. The van der Waals surface area contributed by atoms with Crippen LogP contribution in [0.5, 0.6) is 11.5 Å². The summed E-state index contributed by atoms with van der Waals surface area (Å²) in [6.07, 6.45) is 3.17. The lowest BCUT2D eigenvalue weighted by molar-refractivity contribution is -0.133. The number of benzene rings is 2. The Morgan fingerprint density at radius 2 is 1.64 bits per heavy atom. The Morgan fingerprint density at radius 3 is 2.21 bits per heavy atom. The first-order valence-corrected chi connectivity index (χ1v) is 10.5. The molecular formula is C26H28N2O5. The quantitative estimate of drug-likeness (QED) is 0.412. The monoisotopic (exact) mass is 448 g/mol. The van der Waals surface area contributed by atoms with Gasteiger partial charge in [0.15, 0.2) is 0 Å². The largest absolute Gasteiger partial charge is 0.497 e. The van der Waals surface area contributed by atoms with E-state index < -0.39 is 0 Å². The number of carbonyl (C=O) groups excluding carboxylic acids is 2. The molecule has 1 aromatic heterocycles. The molecule has 3 rings (SSSR count). The van der Waals surface area contributed by atoms with Gasteiger partial charge in [0.2, 0.25) is 5.91 Å². The summed E-state index contributed by atoms with van der Waals surface area (Å²) in [5, 5.41) is 0. The first-order chi connectivity index (χ1) is 16.0. The highest BCUT2D eigenvalue weighted by Gasteiger charge is 2.23. The molecule has 0 bridgehead atoms. The minimum atomic E-state index is -0.321. The van der Waals surface area contributed by atoms with E-state index in [2.05, 4.69) is 6.58 Å². The molecule has 0 aliphatic rings. The Hall–Kier alpha value is -4.00. The van der Waals surface area contributed by atoms with Crippen LogP contribution in [0.3, 0.4) is 0 Å². The van der Waals surface area contributed by atoms with Crippen LogP contribution in [0.15, 0.2) is 84.0 Å². The van der Waals surface area contributed by atoms with Crippen molar-refractivity contribution in [3.63, 3.8) is 0 Å². The van der Waals surface area contributed by atoms with Gasteiger partial charge >= 0.3 is 0 Å². The topological polar surface area (TPSA) is 72.2 Å². The molecule has 0 N–H and O–H groups in total. The van der Waals surface area contributed by atoms with Gasteiger partial charge in [0, 0.05) is 24.7 Å². The van der Waals surface area contributed by atoms with Crippen molar-refractivity contribution in [2.45, 2.75) is 13.1 Å². The molecule has 0 atom stereocenters. The maximum atomic E-state index is 13.3. The average Bonchev–Trinajstić information content (AvgIpc) is 3.36. The third-order valence-corrected chi connectivity index (χ3v) is 5.06. The Morgan fingerprint density at radius 1 is 0.939 bits per heavy atom. The summed E-state index contributed by atoms with van der Waals surface area (Å²) >= 11 is 0. The summed E-state index contributed by atoms with van der Waals surface area (Å²) in [5.74, 6) is 1.12. The molecule has 7 nitrogen and oxygen atoms in total. The Bertz CT molecular complexity index is 1040. The second-order valence-corrected chi connectivity index (χ2v) is 7.39. The first-order valence-electron chi connectivity index (χ1n) is 10.5. The molecule has 33 heavy (non-hydrogen) atoms. The number of carbonyl (C=O) groups is 2. The maximum Gasteiger partial charge on any atom is 0.254 e. The number of hydrogen-bond donors (Lipinski definition) is 0. The van der Waals surface area contributed by atoms with Crippen molar-refractivity contribution in [3.8, 4) is 11.5 Å². The zero-order chi connectivity index (χ0) is 23.6. The SMILES string of the molecule is C=CCN(CC(=O)N(Cc1ccccc1)Cc1ccco1)C(=O)c1cc(OC)cc(OC)c1. The molecule has 0 saturated carbocycles. The molecule has 3 aromatic rings. The van der Waals surface area contributed by atoms with E-state index in [4.69, 9.17) is 13.9 Å². The number of ether oxygens (including phenoxy) is 2. The fourth-order valence-corrected chi connectivity index (χ4v) is 3.38. The molecule has 172 valence electrons. The molecule has 0 saturated heterocycles. The lowest BCUT2D eigenvalue weighted by atomic mass is 10.1. The number of rotatable bonds is 11. The highest BCUT2D eigenvalue weighted by molar-refractivity contribution is 5.97. The molecule has 0 aliphatic carbocycles. The van der Waals surface area contributed by atoms with Gasteiger partial charge in [-0.3, -0.25) is 9.59 Å². The number of amides is 2. The minimum Gasteiger partial charge on any atom is -0.497 e. The van der Waals surface area contributed by atoms with Gasteiger partial charge in [0.25, 0.3) is 5.91 Å². The van der Waals surface area contributed by atoms with Crippen molar-refractivity contribution in [3.05, 3.63) is 96.5 Å². The summed E-state index contributed by atoms with van der Waals surface area (Å²) in [4.78, 5) is 29.7. The number of hydrogen-bond acceptors (Lipinski definition) is 5. The second kappa shape index (κ2) is 11.6. The molecular weight excluding hydrogens is 420 g/mol. The van der Waals surface area contributed by atoms with Crippen molar-refractivity contribution in [1.29, 1.82) is 0 Å². The van der Waals surface area contributed by atoms with Gasteiger partial charge in [-0.2, -0.15) is 0 Å². The van der Waals surface area contributed by atoms with Crippen molar-refractivity contribution in [2.75, 3.05) is 27.3 Å². The molecule has 0 radical (unpaired) electrons. The lowest BCUT2D eigenvalue weighted by Crippen LogP contribution is -2.42. The zero-order valence-electron chi connectivity index (χ0n) is 18.9. The lowest BCUT2D eigenvalue weighted by Gasteiger charge is -2.27. The first kappa shape index (κ1) is 23.7. The summed E-state index contributed by atoms with van der Waals surface area (Å²) in [6, 6.07) is 18.2. The van der Waals surface area contributed by atoms with Gasteiger partial charge in [-0.25, -0.2) is 0 Å². The number of nitrogens with zero attached hydrogens (tertiary/aromatic N) is 2. The molecule has 0 unspecified atom stereocenters. The molecule has 0 spiro atoms. The standard InChI is InChI=1S/C26H28N2O5/c1-4-12-27(26(30)21-14-23(31-2)16-24(15-21)32-3)19-25(29)28(18-22-11-8-13-33-22)17-20-9-6-5-7-10-20/h4-11,13-16H,1,12,17-19H2,2-3H3. The maximum absolute atomic E-state index is 13.3. The molecule has 2 aromatic carbocycles. The smallest absolute Gasteiger partial charge is 0.254 e. The molecule has 7 heteroatoms. The van der Waals surface area contributed by atoms with Gasteiger partial charge in [-0.1, -0.05) is 36.4 Å². The normalized spacial score (nSPS) is 10.4. The van der Waals surface area contributed by atoms with E-state index in [1.807, 2.05) is 36.4 Å². The van der Waals surface area contributed by atoms with Crippen molar-refractivity contribution in [1.82, 2.24) is 9.80 Å². The Kier molecular flexibility index (Phi) is 8.30. The Labute approximate surface area is 193 Å². The average molecular weight is 449 g/mol. The molecule has 2 amide bonds. The van der Waals surface area contributed by atoms with Crippen LogP contribution in [0.4, 0.5) is 0 Å². The van der Waals surface area contributed by atoms with E-state index in [0.29, 0.717) is 35.9 Å². The fourth-order valence-electron chi connectivity index (χ4n) is 3.38. The van der Waals surface area contributed by atoms with Crippen LogP contribution in [0, 0.1) is 0 Å². The molecule has 0 fully saturated rings. The third kappa shape index (κ3) is 6.49. The highest BCUT2D eigenvalue weighted by atomic mass is 16.5. The van der Waals surface area contributed by atoms with Gasteiger partial charge in [-0.15, -0.1) is 6.58 Å². The fraction of sp³-hybridized carbons (Fsp3) is 0.231. The van der Waals surface area contributed by atoms with E-state index in [9.17, 15) is 9.59 Å². The number of methoxy groups -OCH3 is 2. The van der Waals surface area contributed by atoms with E-state index in [-0.39, 0.29) is 24.9 Å². The van der Waals surface area contributed by atoms with Gasteiger partial charge in [0.05, 0.1) is 27.0 Å². The van der Waals surface area contributed by atoms with Crippen molar-refractivity contribution < 1.29 is 23.5 Å². The van der Waals surface area contributed by atoms with E-state index in [0.717, 1.165) is 5.56 Å². The number of furan rings is 1. The van der Waals surface area contributed by atoms with E-state index in [1.54, 1.807) is 41.5 Å². The summed E-state index contributed by atoms with van der Waals surface area (Å²) in [6.45, 7) is 4.53. The van der Waals surface area contributed by atoms with Crippen LogP contribution >= 0.6 is 0 Å². The van der Waals surface area contributed by atoms with E-state index in [1.165, 1.54) is 19.1 Å². The highest BCUT2D eigenvalue weighted by Crippen LogP contribution is 2.23. The molecule has 0 aliphatic heterocycles. The zero-order valence-corrected chi connectivity index (χ0v) is 18.9. The van der Waals surface area contributed by atoms with Gasteiger partial charge in [0.1, 0.15) is 23.8 Å². The van der Waals surface area contributed by atoms with Crippen LogP contribution in [0.1, 0.15) is 21.7 Å². The minimum absolute atomic E-state index is 0.113. The van der Waals surface area contributed by atoms with Crippen LogP contribution < -0.4 is 9.47 Å². The predicted molar refractivity (Wildman–Crippen MR) is 125 cm³/mol. The van der Waals surface area contributed by atoms with Crippen LogP contribution in [0.2, 0.25) is 0 Å². The summed E-state index contributed by atoms with van der Waals surface area (Å²) in [5.41, 5.74) is 1.35. The predicted octanol–water partition coefficient (Wildman–Crippen LogP) is 4.15. The van der Waals surface area contributed by atoms with Crippen molar-refractivity contribution >= 4 is 11.8 Å².